The first-order valence-corrected chi connectivity index (χ1v) is 5.55. The lowest BCUT2D eigenvalue weighted by Crippen LogP contribution is -2.18. The number of fused-ring (bicyclic) bond motifs is 1. The van der Waals surface area contributed by atoms with Gasteiger partial charge in [-0.25, -0.2) is 0 Å². The molecular weight excluding hydrogens is 210 g/mol. The molecule has 17 heavy (non-hydrogen) atoms. The van der Waals surface area contributed by atoms with Crippen LogP contribution in [-0.2, 0) is 0 Å². The lowest BCUT2D eigenvalue weighted by Gasteiger charge is -2.17. The third-order valence-corrected chi connectivity index (χ3v) is 2.81. The summed E-state index contributed by atoms with van der Waals surface area (Å²) in [7, 11) is 3.82. The molecule has 0 amide bonds. The summed E-state index contributed by atoms with van der Waals surface area (Å²) in [5.74, 6) is 0. The lowest BCUT2D eigenvalue weighted by molar-refractivity contribution is 0.358. The summed E-state index contributed by atoms with van der Waals surface area (Å²) in [4.78, 5) is 6.36. The molecule has 0 aliphatic rings. The molecule has 0 radical (unpaired) electrons. The van der Waals surface area contributed by atoms with Gasteiger partial charge >= 0.3 is 0 Å². The third kappa shape index (κ3) is 2.27. The monoisotopic (exact) mass is 225 g/mol. The van der Waals surface area contributed by atoms with Crippen LogP contribution < -0.4 is 0 Å². The van der Waals surface area contributed by atoms with Crippen LogP contribution in [0.15, 0.2) is 30.3 Å². The highest BCUT2D eigenvalue weighted by atomic mass is 15.1. The topological polar surface area (TPSA) is 39.9 Å². The highest BCUT2D eigenvalue weighted by Gasteiger charge is 2.13. The minimum atomic E-state index is -0.208. The number of aryl methyl sites for hydroxylation is 1. The minimum Gasteiger partial charge on any atom is -0.291 e. The summed E-state index contributed by atoms with van der Waals surface area (Å²) < 4.78 is 0. The predicted octanol–water partition coefficient (Wildman–Crippen LogP) is 2.67. The zero-order valence-electron chi connectivity index (χ0n) is 10.3. The number of pyridine rings is 1. The van der Waals surface area contributed by atoms with E-state index in [9.17, 15) is 0 Å². The molecule has 0 saturated carbocycles. The second-order valence-corrected chi connectivity index (χ2v) is 4.40. The number of aromatic nitrogens is 1. The van der Waals surface area contributed by atoms with Crippen LogP contribution in [0.4, 0.5) is 0 Å². The maximum absolute atomic E-state index is 9.16. The quantitative estimate of drug-likeness (QED) is 0.788. The molecule has 0 bridgehead atoms. The highest BCUT2D eigenvalue weighted by molar-refractivity contribution is 5.79. The third-order valence-electron chi connectivity index (χ3n) is 2.81. The molecule has 0 aliphatic heterocycles. The van der Waals surface area contributed by atoms with Crippen molar-refractivity contribution in [1.29, 1.82) is 5.26 Å². The number of hydrogen-bond acceptors (Lipinski definition) is 3. The van der Waals surface area contributed by atoms with Crippen molar-refractivity contribution in [1.82, 2.24) is 9.88 Å². The van der Waals surface area contributed by atoms with E-state index in [1.165, 1.54) is 0 Å². The number of nitriles is 1. The number of nitrogens with zero attached hydrogens (tertiary/aromatic N) is 3. The van der Waals surface area contributed by atoms with Crippen molar-refractivity contribution in [2.24, 2.45) is 0 Å². The smallest absolute Gasteiger partial charge is 0.123 e. The first-order chi connectivity index (χ1) is 8.11. The van der Waals surface area contributed by atoms with Gasteiger partial charge in [-0.2, -0.15) is 5.26 Å². The number of rotatable bonds is 2. The van der Waals surface area contributed by atoms with Crippen molar-refractivity contribution < 1.29 is 0 Å². The van der Waals surface area contributed by atoms with Crippen LogP contribution in [0.5, 0.6) is 0 Å². The Labute approximate surface area is 101 Å². The second kappa shape index (κ2) is 4.52. The fourth-order valence-electron chi connectivity index (χ4n) is 1.90. The molecule has 0 saturated heterocycles. The molecule has 1 aromatic carbocycles. The van der Waals surface area contributed by atoms with Crippen LogP contribution in [-0.4, -0.2) is 24.0 Å². The van der Waals surface area contributed by atoms with Crippen LogP contribution in [0.25, 0.3) is 10.9 Å². The van der Waals surface area contributed by atoms with E-state index in [2.05, 4.69) is 11.1 Å². The van der Waals surface area contributed by atoms with Crippen molar-refractivity contribution >= 4 is 10.9 Å². The Morgan fingerprint density at radius 3 is 2.65 bits per heavy atom. The first kappa shape index (κ1) is 11.6. The summed E-state index contributed by atoms with van der Waals surface area (Å²) in [6.45, 7) is 1.98. The minimum absolute atomic E-state index is 0.208. The normalized spacial score (nSPS) is 12.6. The Bertz CT molecular complexity index is 582. The van der Waals surface area contributed by atoms with Gasteiger partial charge in [-0.3, -0.25) is 9.88 Å². The average Bonchev–Trinajstić information content (AvgIpc) is 2.29. The van der Waals surface area contributed by atoms with E-state index in [-0.39, 0.29) is 6.04 Å². The largest absolute Gasteiger partial charge is 0.291 e. The van der Waals surface area contributed by atoms with Crippen molar-refractivity contribution in [3.8, 4) is 6.07 Å². The van der Waals surface area contributed by atoms with E-state index in [0.29, 0.717) is 0 Å². The fourth-order valence-corrected chi connectivity index (χ4v) is 1.90. The van der Waals surface area contributed by atoms with E-state index in [4.69, 9.17) is 5.26 Å². The first-order valence-electron chi connectivity index (χ1n) is 5.55. The van der Waals surface area contributed by atoms with Gasteiger partial charge in [0, 0.05) is 11.1 Å². The number of hydrogen-bond donors (Lipinski definition) is 0. The van der Waals surface area contributed by atoms with E-state index < -0.39 is 0 Å². The molecule has 0 fully saturated rings. The zero-order valence-corrected chi connectivity index (χ0v) is 10.3. The maximum atomic E-state index is 9.16. The zero-order chi connectivity index (χ0) is 12.4. The van der Waals surface area contributed by atoms with E-state index in [1.54, 1.807) is 0 Å². The summed E-state index contributed by atoms with van der Waals surface area (Å²) in [5.41, 5.74) is 2.99. The van der Waals surface area contributed by atoms with Gasteiger partial charge in [0.1, 0.15) is 6.04 Å². The van der Waals surface area contributed by atoms with Gasteiger partial charge < -0.3 is 0 Å². The average molecular weight is 225 g/mol. The second-order valence-electron chi connectivity index (χ2n) is 4.40. The standard InChI is InChI=1S/C14H15N3/c1-10-4-5-11-8-12(6-7-13(11)16-10)14(9-15)17(2)3/h4-8,14H,1-3H3. The molecule has 0 N–H and O–H groups in total. The van der Waals surface area contributed by atoms with Crippen LogP contribution in [0.2, 0.25) is 0 Å². The molecule has 1 atom stereocenters. The van der Waals surface area contributed by atoms with Gasteiger partial charge in [-0.05, 0) is 44.8 Å². The molecule has 2 aromatic rings. The molecule has 1 heterocycles. The van der Waals surface area contributed by atoms with Crippen LogP contribution in [0.3, 0.4) is 0 Å². The lowest BCUT2D eigenvalue weighted by atomic mass is 10.0. The number of benzene rings is 1. The molecule has 1 aromatic heterocycles. The van der Waals surface area contributed by atoms with Crippen molar-refractivity contribution in [2.45, 2.75) is 13.0 Å². The van der Waals surface area contributed by atoms with Crippen LogP contribution >= 0.6 is 0 Å². The van der Waals surface area contributed by atoms with Crippen molar-refractivity contribution in [2.75, 3.05) is 14.1 Å². The van der Waals surface area contributed by atoms with Gasteiger partial charge in [0.05, 0.1) is 11.6 Å². The molecular formula is C14H15N3. The predicted molar refractivity (Wildman–Crippen MR) is 68.5 cm³/mol. The van der Waals surface area contributed by atoms with Gasteiger partial charge in [0.15, 0.2) is 0 Å². The van der Waals surface area contributed by atoms with Crippen LogP contribution in [0.1, 0.15) is 17.3 Å². The SMILES string of the molecule is Cc1ccc2cc(C(C#N)N(C)C)ccc2n1. The molecule has 3 heteroatoms. The Kier molecular flexibility index (Phi) is 3.08. The Morgan fingerprint density at radius 1 is 1.24 bits per heavy atom. The molecule has 3 nitrogen and oxygen atoms in total. The van der Waals surface area contributed by atoms with Crippen molar-refractivity contribution in [3.63, 3.8) is 0 Å². The Balaban J connectivity index is 2.52. The maximum Gasteiger partial charge on any atom is 0.123 e. The van der Waals surface area contributed by atoms with Gasteiger partial charge in [0.2, 0.25) is 0 Å². The van der Waals surface area contributed by atoms with E-state index in [1.807, 2.05) is 56.3 Å². The molecule has 2 rings (SSSR count). The van der Waals surface area contributed by atoms with Gasteiger partial charge in [0.25, 0.3) is 0 Å². The van der Waals surface area contributed by atoms with Gasteiger partial charge in [-0.1, -0.05) is 12.1 Å². The Hall–Kier alpha value is -1.92. The molecule has 0 aliphatic carbocycles. The summed E-state index contributed by atoms with van der Waals surface area (Å²) in [6.07, 6.45) is 0. The Morgan fingerprint density at radius 2 is 2.00 bits per heavy atom. The summed E-state index contributed by atoms with van der Waals surface area (Å²) in [5, 5.41) is 10.2. The van der Waals surface area contributed by atoms with Crippen LogP contribution in [0, 0.1) is 18.3 Å². The van der Waals surface area contributed by atoms with Crippen molar-refractivity contribution in [3.05, 3.63) is 41.6 Å². The van der Waals surface area contributed by atoms with Gasteiger partial charge in [-0.15, -0.1) is 0 Å². The fraction of sp³-hybridized carbons (Fsp3) is 0.286. The molecule has 86 valence electrons. The van der Waals surface area contributed by atoms with E-state index in [0.717, 1.165) is 22.2 Å². The molecule has 1 unspecified atom stereocenters. The highest BCUT2D eigenvalue weighted by Crippen LogP contribution is 2.22. The summed E-state index contributed by atoms with van der Waals surface area (Å²) >= 11 is 0. The van der Waals surface area contributed by atoms with E-state index >= 15 is 0 Å². The molecule has 0 spiro atoms. The summed E-state index contributed by atoms with van der Waals surface area (Å²) in [6, 6.07) is 12.1.